The van der Waals surface area contributed by atoms with E-state index in [9.17, 15) is 0 Å². The van der Waals surface area contributed by atoms with Crippen LogP contribution >= 0.6 is 23.1 Å². The fourth-order valence-corrected chi connectivity index (χ4v) is 1.94. The molecule has 5 heteroatoms. The van der Waals surface area contributed by atoms with E-state index in [0.29, 0.717) is 6.42 Å². The van der Waals surface area contributed by atoms with Crippen LogP contribution in [-0.4, -0.2) is 17.1 Å². The second-order valence-corrected chi connectivity index (χ2v) is 3.92. The third kappa shape index (κ3) is 2.51. The number of amidine groups is 1. The molecule has 60 valence electrons. The Labute approximate surface area is 73.5 Å². The zero-order valence-electron chi connectivity index (χ0n) is 6.13. The molecule has 0 saturated carbocycles. The molecule has 1 rings (SSSR count). The van der Waals surface area contributed by atoms with E-state index in [1.54, 1.807) is 23.1 Å². The number of thiazole rings is 1. The zero-order chi connectivity index (χ0) is 8.27. The van der Waals surface area contributed by atoms with Gasteiger partial charge in [0.1, 0.15) is 4.34 Å². The summed E-state index contributed by atoms with van der Waals surface area (Å²) >= 11 is 3.20. The molecular weight excluding hydrogens is 178 g/mol. The van der Waals surface area contributed by atoms with Gasteiger partial charge in [-0.1, -0.05) is 11.8 Å². The van der Waals surface area contributed by atoms with Crippen LogP contribution in [0.25, 0.3) is 0 Å². The first-order chi connectivity index (χ1) is 5.22. The summed E-state index contributed by atoms with van der Waals surface area (Å²) in [6.07, 6.45) is 2.45. The van der Waals surface area contributed by atoms with E-state index in [1.165, 1.54) is 0 Å². The molecule has 0 aliphatic carbocycles. The van der Waals surface area contributed by atoms with Gasteiger partial charge in [-0.3, -0.25) is 5.41 Å². The quantitative estimate of drug-likeness (QED) is 0.426. The van der Waals surface area contributed by atoms with Crippen molar-refractivity contribution in [3.05, 3.63) is 11.1 Å². The molecule has 1 heterocycles. The molecule has 0 fully saturated rings. The Morgan fingerprint density at radius 2 is 2.64 bits per heavy atom. The number of nitrogens with one attached hydrogen (secondary N) is 1. The van der Waals surface area contributed by atoms with Gasteiger partial charge in [0.05, 0.1) is 11.5 Å². The number of hydrogen-bond donors (Lipinski definition) is 2. The molecule has 0 saturated heterocycles. The normalized spacial score (nSPS) is 9.91. The Balaban J connectivity index is 2.65. The molecule has 0 aliphatic rings. The zero-order valence-corrected chi connectivity index (χ0v) is 7.76. The summed E-state index contributed by atoms with van der Waals surface area (Å²) in [5.74, 6) is 0.169. The highest BCUT2D eigenvalue weighted by atomic mass is 32.2. The Morgan fingerprint density at radius 1 is 1.91 bits per heavy atom. The minimum absolute atomic E-state index is 0.169. The molecule has 3 nitrogen and oxygen atoms in total. The molecule has 0 radical (unpaired) electrons. The first-order valence-electron chi connectivity index (χ1n) is 3.03. The van der Waals surface area contributed by atoms with Crippen LogP contribution in [0.15, 0.2) is 9.72 Å². The van der Waals surface area contributed by atoms with Crippen molar-refractivity contribution < 1.29 is 0 Å². The van der Waals surface area contributed by atoms with Gasteiger partial charge in [0, 0.05) is 11.8 Å². The smallest absolute Gasteiger partial charge is 0.149 e. The van der Waals surface area contributed by atoms with Crippen molar-refractivity contribution in [1.82, 2.24) is 4.98 Å². The van der Waals surface area contributed by atoms with Crippen molar-refractivity contribution in [3.63, 3.8) is 0 Å². The van der Waals surface area contributed by atoms with E-state index in [2.05, 4.69) is 4.98 Å². The average Bonchev–Trinajstić information content (AvgIpc) is 2.34. The number of nitrogens with two attached hydrogens (primary N) is 1. The maximum atomic E-state index is 7.03. The fourth-order valence-electron chi connectivity index (χ4n) is 0.658. The van der Waals surface area contributed by atoms with Gasteiger partial charge in [-0.05, 0) is 6.26 Å². The minimum atomic E-state index is 0.169. The van der Waals surface area contributed by atoms with Crippen molar-refractivity contribution in [2.24, 2.45) is 5.73 Å². The average molecular weight is 187 g/mol. The predicted octanol–water partition coefficient (Wildman–Crippen LogP) is 1.34. The molecule has 0 bridgehead atoms. The van der Waals surface area contributed by atoms with E-state index < -0.39 is 0 Å². The molecule has 0 spiro atoms. The number of thioether (sulfide) groups is 1. The molecule has 3 N–H and O–H groups in total. The van der Waals surface area contributed by atoms with Crippen LogP contribution in [0.4, 0.5) is 0 Å². The molecule has 0 aliphatic heterocycles. The summed E-state index contributed by atoms with van der Waals surface area (Å²) in [6.45, 7) is 0. The van der Waals surface area contributed by atoms with Gasteiger partial charge in [0.2, 0.25) is 0 Å². The molecule has 0 aromatic carbocycles. The first kappa shape index (κ1) is 8.55. The number of nitrogens with zero attached hydrogens (tertiary/aromatic N) is 1. The van der Waals surface area contributed by atoms with Crippen LogP contribution in [0.3, 0.4) is 0 Å². The lowest BCUT2D eigenvalue weighted by Crippen LogP contribution is -2.12. The molecular formula is C6H9N3S2. The second kappa shape index (κ2) is 3.73. The molecule has 1 aromatic rings. The maximum Gasteiger partial charge on any atom is 0.149 e. The van der Waals surface area contributed by atoms with Gasteiger partial charge in [0.15, 0.2) is 0 Å². The lowest BCUT2D eigenvalue weighted by Gasteiger charge is -1.90. The van der Waals surface area contributed by atoms with Crippen molar-refractivity contribution in [2.45, 2.75) is 10.8 Å². The second-order valence-electron chi connectivity index (χ2n) is 2.01. The fraction of sp³-hybridized carbons (Fsp3) is 0.333. The van der Waals surface area contributed by atoms with Gasteiger partial charge in [0.25, 0.3) is 0 Å². The van der Waals surface area contributed by atoms with Crippen LogP contribution in [0.5, 0.6) is 0 Å². The molecule has 0 atom stereocenters. The van der Waals surface area contributed by atoms with Crippen LogP contribution in [0.1, 0.15) is 5.69 Å². The van der Waals surface area contributed by atoms with Crippen molar-refractivity contribution in [1.29, 1.82) is 5.41 Å². The highest BCUT2D eigenvalue weighted by Gasteiger charge is 2.00. The SMILES string of the molecule is CSc1nc(CC(=N)N)cs1. The van der Waals surface area contributed by atoms with Gasteiger partial charge < -0.3 is 5.73 Å². The minimum Gasteiger partial charge on any atom is -0.387 e. The Hall–Kier alpha value is -0.550. The topological polar surface area (TPSA) is 62.8 Å². The summed E-state index contributed by atoms with van der Waals surface area (Å²) in [4.78, 5) is 4.23. The molecule has 1 aromatic heterocycles. The monoisotopic (exact) mass is 187 g/mol. The number of hydrogen-bond acceptors (Lipinski definition) is 4. The predicted molar refractivity (Wildman–Crippen MR) is 49.5 cm³/mol. The maximum absolute atomic E-state index is 7.03. The van der Waals surface area contributed by atoms with E-state index in [0.717, 1.165) is 10.0 Å². The van der Waals surface area contributed by atoms with E-state index >= 15 is 0 Å². The van der Waals surface area contributed by atoms with E-state index in [1.807, 2.05) is 11.6 Å². The third-order valence-corrected chi connectivity index (χ3v) is 2.99. The lowest BCUT2D eigenvalue weighted by atomic mass is 10.3. The summed E-state index contributed by atoms with van der Waals surface area (Å²) in [7, 11) is 0. The third-order valence-electron chi connectivity index (χ3n) is 1.08. The van der Waals surface area contributed by atoms with Crippen LogP contribution in [0, 0.1) is 5.41 Å². The highest BCUT2D eigenvalue weighted by molar-refractivity contribution is 8.00. The summed E-state index contributed by atoms with van der Waals surface area (Å²) in [5.41, 5.74) is 6.11. The van der Waals surface area contributed by atoms with Crippen LogP contribution in [-0.2, 0) is 6.42 Å². The van der Waals surface area contributed by atoms with Crippen molar-refractivity contribution in [3.8, 4) is 0 Å². The molecule has 0 amide bonds. The number of aromatic nitrogens is 1. The summed E-state index contributed by atoms with van der Waals surface area (Å²) < 4.78 is 1.03. The molecule has 0 unspecified atom stereocenters. The van der Waals surface area contributed by atoms with Crippen LogP contribution < -0.4 is 5.73 Å². The highest BCUT2D eigenvalue weighted by Crippen LogP contribution is 2.19. The van der Waals surface area contributed by atoms with Crippen molar-refractivity contribution >= 4 is 28.9 Å². The largest absolute Gasteiger partial charge is 0.387 e. The van der Waals surface area contributed by atoms with Gasteiger partial charge >= 0.3 is 0 Å². The number of rotatable bonds is 3. The van der Waals surface area contributed by atoms with E-state index in [-0.39, 0.29) is 5.84 Å². The Kier molecular flexibility index (Phi) is 2.90. The summed E-state index contributed by atoms with van der Waals surface area (Å²) in [6, 6.07) is 0. The van der Waals surface area contributed by atoms with Crippen molar-refractivity contribution in [2.75, 3.05) is 6.26 Å². The van der Waals surface area contributed by atoms with Gasteiger partial charge in [-0.2, -0.15) is 0 Å². The summed E-state index contributed by atoms with van der Waals surface area (Å²) in [5, 5.41) is 8.97. The lowest BCUT2D eigenvalue weighted by molar-refractivity contribution is 1.10. The van der Waals surface area contributed by atoms with Crippen LogP contribution in [0.2, 0.25) is 0 Å². The first-order valence-corrected chi connectivity index (χ1v) is 5.14. The van der Waals surface area contributed by atoms with Gasteiger partial charge in [-0.15, -0.1) is 11.3 Å². The Bertz CT molecular complexity index is 256. The van der Waals surface area contributed by atoms with E-state index in [4.69, 9.17) is 11.1 Å². The Morgan fingerprint density at radius 3 is 3.09 bits per heavy atom. The standard InChI is InChI=1S/C6H9N3S2/c1-10-6-9-4(3-11-6)2-5(7)8/h3H,2H2,1H3,(H3,7,8). The van der Waals surface area contributed by atoms with Gasteiger partial charge in [-0.25, -0.2) is 4.98 Å². The molecule has 11 heavy (non-hydrogen) atoms.